The number of hydrogen-bond acceptors (Lipinski definition) is 5. The zero-order valence-electron chi connectivity index (χ0n) is 15.8. The van der Waals surface area contributed by atoms with Crippen LogP contribution in [0.25, 0.3) is 0 Å². The van der Waals surface area contributed by atoms with Gasteiger partial charge in [0.1, 0.15) is 17.4 Å². The molecule has 2 aromatic rings. The number of hydrogen-bond donors (Lipinski definition) is 2. The van der Waals surface area contributed by atoms with Gasteiger partial charge in [-0.2, -0.15) is 0 Å². The average molecular weight is 383 g/mol. The first-order valence-electron chi connectivity index (χ1n) is 8.66. The minimum absolute atomic E-state index is 0.0790. The number of anilines is 2. The zero-order valence-corrected chi connectivity index (χ0v) is 15.8. The topological polar surface area (TPSA) is 97.0 Å². The Morgan fingerprint density at radius 1 is 1.11 bits per heavy atom. The van der Waals surface area contributed by atoms with E-state index >= 15 is 0 Å². The normalized spacial score (nSPS) is 16.4. The number of nitrogens with one attached hydrogen (secondary N) is 2. The van der Waals surface area contributed by atoms with Crippen molar-refractivity contribution < 1.29 is 23.9 Å². The van der Waals surface area contributed by atoms with Gasteiger partial charge in [0.2, 0.25) is 11.8 Å². The Kier molecular flexibility index (Phi) is 5.49. The predicted octanol–water partition coefficient (Wildman–Crippen LogP) is 2.32. The summed E-state index contributed by atoms with van der Waals surface area (Å²) in [5.41, 5.74) is 1.81. The van der Waals surface area contributed by atoms with Crippen LogP contribution in [0, 0.1) is 12.8 Å². The van der Waals surface area contributed by atoms with Crippen molar-refractivity contribution in [1.82, 2.24) is 5.32 Å². The highest BCUT2D eigenvalue weighted by atomic mass is 16.5. The molecule has 146 valence electrons. The van der Waals surface area contributed by atoms with Crippen molar-refractivity contribution in [2.75, 3.05) is 31.0 Å². The highest BCUT2D eigenvalue weighted by Crippen LogP contribution is 2.30. The first-order chi connectivity index (χ1) is 13.4. The Morgan fingerprint density at radius 3 is 2.46 bits per heavy atom. The summed E-state index contributed by atoms with van der Waals surface area (Å²) in [5.74, 6) is -1.22. The van der Waals surface area contributed by atoms with E-state index in [0.29, 0.717) is 22.9 Å². The van der Waals surface area contributed by atoms with E-state index in [1.165, 1.54) is 14.2 Å². The van der Waals surface area contributed by atoms with Crippen molar-refractivity contribution in [1.29, 1.82) is 0 Å². The molecule has 2 aromatic carbocycles. The van der Waals surface area contributed by atoms with E-state index in [9.17, 15) is 14.4 Å². The summed E-state index contributed by atoms with van der Waals surface area (Å²) in [6, 6.07) is 11.3. The number of carbonyl (C=O) groups excluding carboxylic acids is 3. The third kappa shape index (κ3) is 3.75. The van der Waals surface area contributed by atoms with Gasteiger partial charge in [0.15, 0.2) is 0 Å². The van der Waals surface area contributed by atoms with Crippen molar-refractivity contribution >= 4 is 29.2 Å². The summed E-state index contributed by atoms with van der Waals surface area (Å²) in [7, 11) is 2.99. The van der Waals surface area contributed by atoms with E-state index in [2.05, 4.69) is 10.6 Å². The monoisotopic (exact) mass is 383 g/mol. The molecule has 0 aliphatic carbocycles. The molecule has 0 bridgehead atoms. The van der Waals surface area contributed by atoms with Crippen LogP contribution in [0.5, 0.6) is 11.5 Å². The van der Waals surface area contributed by atoms with Gasteiger partial charge in [-0.15, -0.1) is 0 Å². The maximum Gasteiger partial charge on any atom is 0.328 e. The summed E-state index contributed by atoms with van der Waals surface area (Å²) >= 11 is 0. The molecule has 8 nitrogen and oxygen atoms in total. The van der Waals surface area contributed by atoms with Gasteiger partial charge in [0, 0.05) is 12.6 Å². The molecule has 1 saturated heterocycles. The lowest BCUT2D eigenvalue weighted by atomic mass is 10.0. The lowest BCUT2D eigenvalue weighted by Gasteiger charge is -2.30. The highest BCUT2D eigenvalue weighted by molar-refractivity contribution is 6.23. The Labute approximate surface area is 162 Å². The van der Waals surface area contributed by atoms with Gasteiger partial charge in [-0.25, -0.2) is 9.69 Å². The standard InChI is InChI=1S/C20H21N3O5/c1-12-4-6-13(7-5-12)23-19(25)15(11-21-20(23)26)18(24)22-16-9-8-14(27-2)10-17(16)28-3/h4-10,15H,11H2,1-3H3,(H,21,26)(H,22,24). The molecule has 4 amide bonds. The van der Waals surface area contributed by atoms with Crippen molar-refractivity contribution in [2.45, 2.75) is 6.92 Å². The first-order valence-corrected chi connectivity index (χ1v) is 8.66. The van der Waals surface area contributed by atoms with Crippen LogP contribution in [0.1, 0.15) is 5.56 Å². The van der Waals surface area contributed by atoms with Crippen LogP contribution >= 0.6 is 0 Å². The maximum absolute atomic E-state index is 12.9. The second-order valence-corrected chi connectivity index (χ2v) is 6.30. The number of urea groups is 1. The fraction of sp³-hybridized carbons (Fsp3) is 0.250. The van der Waals surface area contributed by atoms with Crippen molar-refractivity contribution in [3.8, 4) is 11.5 Å². The molecule has 1 atom stereocenters. The number of methoxy groups -OCH3 is 2. The molecule has 3 rings (SSSR count). The average Bonchev–Trinajstić information content (AvgIpc) is 2.69. The lowest BCUT2D eigenvalue weighted by Crippen LogP contribution is -2.58. The third-order valence-electron chi connectivity index (χ3n) is 4.45. The molecular weight excluding hydrogens is 362 g/mol. The van der Waals surface area contributed by atoms with Crippen LogP contribution in [0.4, 0.5) is 16.2 Å². The summed E-state index contributed by atoms with van der Waals surface area (Å²) < 4.78 is 10.4. The number of nitrogens with zero attached hydrogens (tertiary/aromatic N) is 1. The van der Waals surface area contributed by atoms with Crippen molar-refractivity contribution in [3.05, 3.63) is 48.0 Å². The fourth-order valence-corrected chi connectivity index (χ4v) is 2.88. The minimum atomic E-state index is -1.06. The Bertz CT molecular complexity index is 911. The zero-order chi connectivity index (χ0) is 20.3. The van der Waals surface area contributed by atoms with Gasteiger partial charge >= 0.3 is 6.03 Å². The van der Waals surface area contributed by atoms with Gasteiger partial charge < -0.3 is 20.1 Å². The second-order valence-electron chi connectivity index (χ2n) is 6.30. The Morgan fingerprint density at radius 2 is 1.82 bits per heavy atom. The van der Waals surface area contributed by atoms with Crippen molar-refractivity contribution in [3.63, 3.8) is 0 Å². The summed E-state index contributed by atoms with van der Waals surface area (Å²) in [6.45, 7) is 1.82. The van der Waals surface area contributed by atoms with Crippen LogP contribution in [0.3, 0.4) is 0 Å². The Hall–Kier alpha value is -3.55. The summed E-state index contributed by atoms with van der Waals surface area (Å²) in [6.07, 6.45) is 0. The largest absolute Gasteiger partial charge is 0.497 e. The minimum Gasteiger partial charge on any atom is -0.497 e. The van der Waals surface area contributed by atoms with E-state index in [-0.39, 0.29) is 6.54 Å². The van der Waals surface area contributed by atoms with Gasteiger partial charge in [-0.3, -0.25) is 9.59 Å². The maximum atomic E-state index is 12.9. The van der Waals surface area contributed by atoms with Crippen LogP contribution in [-0.2, 0) is 9.59 Å². The SMILES string of the molecule is COc1ccc(NC(=O)C2CNC(=O)N(c3ccc(C)cc3)C2=O)c(OC)c1. The predicted molar refractivity (Wildman–Crippen MR) is 104 cm³/mol. The molecule has 0 radical (unpaired) electrons. The fourth-order valence-electron chi connectivity index (χ4n) is 2.88. The molecule has 0 aromatic heterocycles. The third-order valence-corrected chi connectivity index (χ3v) is 4.45. The smallest absolute Gasteiger partial charge is 0.328 e. The van der Waals surface area contributed by atoms with Crippen LogP contribution in [0.15, 0.2) is 42.5 Å². The van der Waals surface area contributed by atoms with E-state index in [4.69, 9.17) is 9.47 Å². The molecule has 2 N–H and O–H groups in total. The number of carbonyl (C=O) groups is 3. The number of imide groups is 1. The van der Waals surface area contributed by atoms with E-state index in [1.807, 2.05) is 6.92 Å². The van der Waals surface area contributed by atoms with Gasteiger partial charge in [-0.1, -0.05) is 17.7 Å². The number of rotatable bonds is 5. The number of amides is 4. The highest BCUT2D eigenvalue weighted by Gasteiger charge is 2.39. The second kappa shape index (κ2) is 7.99. The van der Waals surface area contributed by atoms with E-state index in [1.54, 1.807) is 42.5 Å². The van der Waals surface area contributed by atoms with Crippen LogP contribution in [0.2, 0.25) is 0 Å². The number of benzene rings is 2. The molecule has 1 heterocycles. The Balaban J connectivity index is 1.81. The van der Waals surface area contributed by atoms with Gasteiger partial charge in [0.05, 0.1) is 25.6 Å². The molecule has 1 aliphatic rings. The van der Waals surface area contributed by atoms with Crippen molar-refractivity contribution in [2.24, 2.45) is 5.92 Å². The molecule has 0 spiro atoms. The van der Waals surface area contributed by atoms with E-state index in [0.717, 1.165) is 10.5 Å². The lowest BCUT2D eigenvalue weighted by molar-refractivity contribution is -0.130. The number of aryl methyl sites for hydroxylation is 1. The summed E-state index contributed by atoms with van der Waals surface area (Å²) in [4.78, 5) is 38.8. The van der Waals surface area contributed by atoms with E-state index < -0.39 is 23.8 Å². The van der Waals surface area contributed by atoms with Gasteiger partial charge in [-0.05, 0) is 31.2 Å². The van der Waals surface area contributed by atoms with Crippen LogP contribution in [-0.4, -0.2) is 38.6 Å². The first kappa shape index (κ1) is 19.2. The molecule has 1 fully saturated rings. The molecule has 28 heavy (non-hydrogen) atoms. The quantitative estimate of drug-likeness (QED) is 0.773. The number of ether oxygens (including phenoxy) is 2. The molecule has 8 heteroatoms. The molecule has 0 saturated carbocycles. The molecular formula is C20H21N3O5. The van der Waals surface area contributed by atoms with Gasteiger partial charge in [0.25, 0.3) is 0 Å². The summed E-state index contributed by atoms with van der Waals surface area (Å²) in [5, 5.41) is 5.28. The van der Waals surface area contributed by atoms with Crippen LogP contribution < -0.4 is 25.0 Å². The molecule has 1 unspecified atom stereocenters. The molecule has 1 aliphatic heterocycles.